The maximum absolute atomic E-state index is 12.1. The Morgan fingerprint density at radius 3 is 2.62 bits per heavy atom. The molecule has 21 heavy (non-hydrogen) atoms. The number of hydrogen-bond acceptors (Lipinski definition) is 4. The van der Waals surface area contributed by atoms with Crippen molar-refractivity contribution in [2.75, 3.05) is 4.72 Å². The van der Waals surface area contributed by atoms with Gasteiger partial charge in [-0.15, -0.1) is 0 Å². The molecule has 0 radical (unpaired) electrons. The molecule has 0 aromatic heterocycles. The van der Waals surface area contributed by atoms with E-state index in [9.17, 15) is 13.5 Å². The second kappa shape index (κ2) is 6.04. The van der Waals surface area contributed by atoms with E-state index in [-0.39, 0.29) is 27.8 Å². The lowest BCUT2D eigenvalue weighted by atomic mass is 10.1. The van der Waals surface area contributed by atoms with Gasteiger partial charge in [0, 0.05) is 0 Å². The summed E-state index contributed by atoms with van der Waals surface area (Å²) in [4.78, 5) is 0. The quantitative estimate of drug-likeness (QED) is 0.847. The average molecular weight is 323 g/mol. The molecule has 0 aliphatic heterocycles. The molecule has 0 fully saturated rings. The van der Waals surface area contributed by atoms with Crippen LogP contribution in [0.1, 0.15) is 11.1 Å². The number of halogens is 1. The van der Waals surface area contributed by atoms with Gasteiger partial charge in [-0.2, -0.15) is 5.26 Å². The smallest absolute Gasteiger partial charge is 0.237 e. The van der Waals surface area contributed by atoms with Crippen molar-refractivity contribution < 1.29 is 13.5 Å². The van der Waals surface area contributed by atoms with Crippen LogP contribution >= 0.6 is 11.6 Å². The first-order valence-corrected chi connectivity index (χ1v) is 7.92. The van der Waals surface area contributed by atoms with Crippen LogP contribution < -0.4 is 4.72 Å². The molecule has 2 N–H and O–H groups in total. The SMILES string of the molecule is N#Cc1ccccc1CS(=O)(=O)Nc1cccc(Cl)c1O. The second-order valence-electron chi connectivity index (χ2n) is 4.27. The van der Waals surface area contributed by atoms with Crippen molar-refractivity contribution in [1.29, 1.82) is 5.26 Å². The second-order valence-corrected chi connectivity index (χ2v) is 6.40. The number of anilines is 1. The minimum Gasteiger partial charge on any atom is -0.504 e. The van der Waals surface area contributed by atoms with E-state index in [1.54, 1.807) is 24.3 Å². The van der Waals surface area contributed by atoms with Gasteiger partial charge in [0.25, 0.3) is 0 Å². The number of nitrogens with zero attached hydrogens (tertiary/aromatic N) is 1. The normalized spacial score (nSPS) is 10.9. The van der Waals surface area contributed by atoms with Crippen LogP contribution in [0.3, 0.4) is 0 Å². The van der Waals surface area contributed by atoms with E-state index < -0.39 is 10.0 Å². The third-order valence-electron chi connectivity index (χ3n) is 2.74. The summed E-state index contributed by atoms with van der Waals surface area (Å²) >= 11 is 5.72. The zero-order valence-electron chi connectivity index (χ0n) is 10.7. The summed E-state index contributed by atoms with van der Waals surface area (Å²) in [6.45, 7) is 0. The van der Waals surface area contributed by atoms with Crippen LogP contribution in [0.25, 0.3) is 0 Å². The predicted molar refractivity (Wildman–Crippen MR) is 80.5 cm³/mol. The molecule has 2 rings (SSSR count). The lowest BCUT2D eigenvalue weighted by Gasteiger charge is -2.11. The van der Waals surface area contributed by atoms with Crippen LogP contribution in [-0.4, -0.2) is 13.5 Å². The third-order valence-corrected chi connectivity index (χ3v) is 4.26. The highest BCUT2D eigenvalue weighted by Gasteiger charge is 2.16. The van der Waals surface area contributed by atoms with Crippen molar-refractivity contribution in [3.8, 4) is 11.8 Å². The minimum atomic E-state index is -3.78. The van der Waals surface area contributed by atoms with Crippen molar-refractivity contribution in [1.82, 2.24) is 0 Å². The Labute approximate surface area is 127 Å². The number of phenolic OH excluding ortho intramolecular Hbond substituents is 1. The standard InChI is InChI=1S/C14H11ClN2O3S/c15-12-6-3-7-13(14(12)18)17-21(19,20)9-11-5-2-1-4-10(11)8-16/h1-7,17-18H,9H2. The zero-order valence-corrected chi connectivity index (χ0v) is 12.3. The maximum Gasteiger partial charge on any atom is 0.237 e. The fourth-order valence-electron chi connectivity index (χ4n) is 1.76. The van der Waals surface area contributed by atoms with Gasteiger partial charge in [-0.25, -0.2) is 8.42 Å². The zero-order chi connectivity index (χ0) is 15.5. The molecular weight excluding hydrogens is 312 g/mol. The number of benzene rings is 2. The van der Waals surface area contributed by atoms with Crippen LogP contribution in [0.2, 0.25) is 5.02 Å². The lowest BCUT2D eigenvalue weighted by Crippen LogP contribution is -2.15. The number of nitriles is 1. The Balaban J connectivity index is 2.28. The molecule has 0 saturated heterocycles. The monoisotopic (exact) mass is 322 g/mol. The molecule has 5 nitrogen and oxygen atoms in total. The van der Waals surface area contributed by atoms with Crippen LogP contribution in [0, 0.1) is 11.3 Å². The molecule has 0 atom stereocenters. The molecule has 0 bridgehead atoms. The summed E-state index contributed by atoms with van der Waals surface area (Å²) in [5.74, 6) is -0.709. The first kappa shape index (κ1) is 15.2. The maximum atomic E-state index is 12.1. The molecule has 0 spiro atoms. The van der Waals surface area contributed by atoms with E-state index in [1.165, 1.54) is 18.2 Å². The van der Waals surface area contributed by atoms with Gasteiger partial charge in [0.15, 0.2) is 5.75 Å². The summed E-state index contributed by atoms with van der Waals surface area (Å²) in [5, 5.41) is 18.7. The summed E-state index contributed by atoms with van der Waals surface area (Å²) < 4.78 is 26.5. The van der Waals surface area contributed by atoms with E-state index in [0.29, 0.717) is 5.56 Å². The van der Waals surface area contributed by atoms with Gasteiger partial charge < -0.3 is 5.11 Å². The first-order chi connectivity index (χ1) is 9.93. The molecule has 0 heterocycles. The summed E-state index contributed by atoms with van der Waals surface area (Å²) in [5.41, 5.74) is 0.671. The van der Waals surface area contributed by atoms with Crippen LogP contribution in [0.15, 0.2) is 42.5 Å². The highest BCUT2D eigenvalue weighted by atomic mass is 35.5. The summed E-state index contributed by atoms with van der Waals surface area (Å²) in [7, 11) is -3.78. The molecule has 0 unspecified atom stereocenters. The fourth-order valence-corrected chi connectivity index (χ4v) is 3.17. The Hall–Kier alpha value is -2.23. The predicted octanol–water partition coefficient (Wildman–Crippen LogP) is 2.86. The van der Waals surface area contributed by atoms with E-state index in [4.69, 9.17) is 16.9 Å². The van der Waals surface area contributed by atoms with Gasteiger partial charge in [0.2, 0.25) is 10.0 Å². The molecule has 7 heteroatoms. The molecule has 2 aromatic rings. The topological polar surface area (TPSA) is 90.2 Å². The number of sulfonamides is 1. The van der Waals surface area contributed by atoms with Crippen LogP contribution in [0.5, 0.6) is 5.75 Å². The molecular formula is C14H11ClN2O3S. The van der Waals surface area contributed by atoms with Gasteiger partial charge in [-0.1, -0.05) is 35.9 Å². The first-order valence-electron chi connectivity index (χ1n) is 5.89. The number of phenols is 1. The summed E-state index contributed by atoms with van der Waals surface area (Å²) in [6, 6.07) is 12.7. The van der Waals surface area contributed by atoms with Crippen LogP contribution in [-0.2, 0) is 15.8 Å². The van der Waals surface area contributed by atoms with E-state index in [1.807, 2.05) is 6.07 Å². The van der Waals surface area contributed by atoms with Crippen LogP contribution in [0.4, 0.5) is 5.69 Å². The van der Waals surface area contributed by atoms with Gasteiger partial charge in [-0.3, -0.25) is 4.72 Å². The van der Waals surface area contributed by atoms with Gasteiger partial charge >= 0.3 is 0 Å². The lowest BCUT2D eigenvalue weighted by molar-refractivity contribution is 0.478. The molecule has 0 amide bonds. The number of hydrogen-bond donors (Lipinski definition) is 2. The van der Waals surface area contributed by atoms with Crippen molar-refractivity contribution >= 4 is 27.3 Å². The van der Waals surface area contributed by atoms with E-state index in [2.05, 4.69) is 4.72 Å². The number of nitrogens with one attached hydrogen (secondary N) is 1. The van der Waals surface area contributed by atoms with Crippen molar-refractivity contribution in [2.24, 2.45) is 0 Å². The van der Waals surface area contributed by atoms with Crippen molar-refractivity contribution in [3.05, 3.63) is 58.6 Å². The van der Waals surface area contributed by atoms with Gasteiger partial charge in [-0.05, 0) is 23.8 Å². The molecule has 0 aliphatic carbocycles. The van der Waals surface area contributed by atoms with E-state index in [0.717, 1.165) is 0 Å². The Morgan fingerprint density at radius 2 is 1.90 bits per heavy atom. The number of aromatic hydroxyl groups is 1. The fraction of sp³-hybridized carbons (Fsp3) is 0.0714. The highest BCUT2D eigenvalue weighted by Crippen LogP contribution is 2.32. The molecule has 0 saturated carbocycles. The third kappa shape index (κ3) is 3.66. The molecule has 108 valence electrons. The average Bonchev–Trinajstić information content (AvgIpc) is 2.44. The number of rotatable bonds is 4. The Kier molecular flexibility index (Phi) is 4.36. The van der Waals surface area contributed by atoms with Gasteiger partial charge in [0.1, 0.15) is 0 Å². The van der Waals surface area contributed by atoms with Gasteiger partial charge in [0.05, 0.1) is 28.1 Å². The van der Waals surface area contributed by atoms with Crippen molar-refractivity contribution in [3.63, 3.8) is 0 Å². The highest BCUT2D eigenvalue weighted by molar-refractivity contribution is 7.91. The summed E-state index contributed by atoms with van der Waals surface area (Å²) in [6.07, 6.45) is 0. The molecule has 2 aromatic carbocycles. The molecule has 0 aliphatic rings. The van der Waals surface area contributed by atoms with Crippen molar-refractivity contribution in [2.45, 2.75) is 5.75 Å². The largest absolute Gasteiger partial charge is 0.504 e. The number of para-hydroxylation sites is 1. The Bertz CT molecular complexity index is 813. The minimum absolute atomic E-state index is 0.00283. The Morgan fingerprint density at radius 1 is 1.19 bits per heavy atom. The van der Waals surface area contributed by atoms with E-state index >= 15 is 0 Å².